The zero-order valence-corrected chi connectivity index (χ0v) is 17.0. The first kappa shape index (κ1) is 19.9. The third kappa shape index (κ3) is 4.91. The van der Waals surface area contributed by atoms with Crippen LogP contribution in [0, 0.1) is 11.3 Å². The minimum atomic E-state index is -0.307. The SMILES string of the molecule is CC(C)CCC(=O)N1CC[C@@]2(CCCN(CCCc3ccccc3)C2=O)C1. The molecule has 27 heavy (non-hydrogen) atoms. The van der Waals surface area contributed by atoms with Gasteiger partial charge in [0.05, 0.1) is 5.41 Å². The van der Waals surface area contributed by atoms with Crippen molar-refractivity contribution < 1.29 is 9.59 Å². The van der Waals surface area contributed by atoms with Gasteiger partial charge in [-0.3, -0.25) is 9.59 Å². The van der Waals surface area contributed by atoms with Gasteiger partial charge in [-0.25, -0.2) is 0 Å². The minimum Gasteiger partial charge on any atom is -0.342 e. The van der Waals surface area contributed by atoms with Gasteiger partial charge in [-0.05, 0) is 50.0 Å². The number of aryl methyl sites for hydroxylation is 1. The van der Waals surface area contributed by atoms with Gasteiger partial charge in [0.25, 0.3) is 0 Å². The van der Waals surface area contributed by atoms with Crippen molar-refractivity contribution in [3.63, 3.8) is 0 Å². The summed E-state index contributed by atoms with van der Waals surface area (Å²) in [7, 11) is 0. The smallest absolute Gasteiger partial charge is 0.230 e. The molecule has 2 saturated heterocycles. The number of rotatable bonds is 7. The van der Waals surface area contributed by atoms with Crippen molar-refractivity contribution in [3.8, 4) is 0 Å². The van der Waals surface area contributed by atoms with Crippen molar-refractivity contribution in [2.75, 3.05) is 26.2 Å². The molecule has 1 spiro atoms. The van der Waals surface area contributed by atoms with Crippen molar-refractivity contribution >= 4 is 11.8 Å². The summed E-state index contributed by atoms with van der Waals surface area (Å²) in [6.07, 6.45) is 6.40. The van der Waals surface area contributed by atoms with Gasteiger partial charge in [0.1, 0.15) is 0 Å². The Labute approximate surface area is 163 Å². The predicted molar refractivity (Wildman–Crippen MR) is 108 cm³/mol. The van der Waals surface area contributed by atoms with Gasteiger partial charge in [0.15, 0.2) is 0 Å². The molecule has 148 valence electrons. The van der Waals surface area contributed by atoms with Gasteiger partial charge in [-0.15, -0.1) is 0 Å². The highest BCUT2D eigenvalue weighted by molar-refractivity contribution is 5.86. The summed E-state index contributed by atoms with van der Waals surface area (Å²) in [6, 6.07) is 10.5. The highest BCUT2D eigenvalue weighted by Crippen LogP contribution is 2.40. The maximum Gasteiger partial charge on any atom is 0.230 e. The normalized spacial score (nSPS) is 22.9. The molecular weight excluding hydrogens is 336 g/mol. The van der Waals surface area contributed by atoms with E-state index in [-0.39, 0.29) is 11.3 Å². The Morgan fingerprint density at radius 1 is 1.15 bits per heavy atom. The summed E-state index contributed by atoms with van der Waals surface area (Å²) in [6.45, 7) is 7.39. The first-order chi connectivity index (χ1) is 13.0. The highest BCUT2D eigenvalue weighted by Gasteiger charge is 2.49. The summed E-state index contributed by atoms with van der Waals surface area (Å²) >= 11 is 0. The fourth-order valence-electron chi connectivity index (χ4n) is 4.52. The zero-order valence-electron chi connectivity index (χ0n) is 17.0. The molecule has 0 bridgehead atoms. The van der Waals surface area contributed by atoms with Crippen molar-refractivity contribution in [2.24, 2.45) is 11.3 Å². The van der Waals surface area contributed by atoms with E-state index in [4.69, 9.17) is 0 Å². The van der Waals surface area contributed by atoms with E-state index in [2.05, 4.69) is 43.0 Å². The number of hydrogen-bond donors (Lipinski definition) is 0. The lowest BCUT2D eigenvalue weighted by atomic mass is 9.78. The van der Waals surface area contributed by atoms with E-state index >= 15 is 0 Å². The van der Waals surface area contributed by atoms with Crippen molar-refractivity contribution in [1.29, 1.82) is 0 Å². The average Bonchev–Trinajstić information content (AvgIpc) is 3.09. The molecule has 0 radical (unpaired) electrons. The minimum absolute atomic E-state index is 0.231. The van der Waals surface area contributed by atoms with E-state index in [0.717, 1.165) is 58.2 Å². The number of carbonyl (C=O) groups excluding carboxylic acids is 2. The van der Waals surface area contributed by atoms with E-state index in [9.17, 15) is 9.59 Å². The summed E-state index contributed by atoms with van der Waals surface area (Å²) in [5.41, 5.74) is 1.03. The van der Waals surface area contributed by atoms with Crippen LogP contribution in [-0.2, 0) is 16.0 Å². The number of piperidine rings is 1. The lowest BCUT2D eigenvalue weighted by Crippen LogP contribution is -2.50. The maximum atomic E-state index is 13.2. The lowest BCUT2D eigenvalue weighted by Gasteiger charge is -2.39. The topological polar surface area (TPSA) is 40.6 Å². The summed E-state index contributed by atoms with van der Waals surface area (Å²) in [5.74, 6) is 1.07. The Morgan fingerprint density at radius 3 is 2.67 bits per heavy atom. The molecule has 1 atom stereocenters. The van der Waals surface area contributed by atoms with Gasteiger partial charge in [-0.2, -0.15) is 0 Å². The average molecular weight is 371 g/mol. The monoisotopic (exact) mass is 370 g/mol. The van der Waals surface area contributed by atoms with Gasteiger partial charge >= 0.3 is 0 Å². The van der Waals surface area contributed by atoms with Crippen molar-refractivity contribution in [3.05, 3.63) is 35.9 Å². The van der Waals surface area contributed by atoms with Crippen LogP contribution in [0.3, 0.4) is 0 Å². The van der Waals surface area contributed by atoms with Crippen LogP contribution in [0.25, 0.3) is 0 Å². The fraction of sp³-hybridized carbons (Fsp3) is 0.652. The Morgan fingerprint density at radius 2 is 1.93 bits per heavy atom. The molecule has 1 aromatic carbocycles. The Hall–Kier alpha value is -1.84. The molecule has 0 saturated carbocycles. The van der Waals surface area contributed by atoms with E-state index in [0.29, 0.717) is 24.8 Å². The standard InChI is InChI=1S/C23H34N2O2/c1-19(2)11-12-21(26)25-17-14-23(18-25)13-7-16-24(22(23)27)15-6-10-20-8-4-3-5-9-20/h3-5,8-9,19H,6-7,10-18H2,1-2H3/t23-/m0/s1. The number of likely N-dealkylation sites (tertiary alicyclic amines) is 2. The van der Waals surface area contributed by atoms with Crippen LogP contribution >= 0.6 is 0 Å². The first-order valence-electron chi connectivity index (χ1n) is 10.6. The van der Waals surface area contributed by atoms with Crippen LogP contribution in [-0.4, -0.2) is 47.8 Å². The van der Waals surface area contributed by atoms with Crippen molar-refractivity contribution in [1.82, 2.24) is 9.80 Å². The summed E-state index contributed by atoms with van der Waals surface area (Å²) in [5, 5.41) is 0. The van der Waals surface area contributed by atoms with E-state index in [1.807, 2.05) is 11.0 Å². The molecule has 2 amide bonds. The molecule has 3 rings (SSSR count). The van der Waals surface area contributed by atoms with Crippen LogP contribution in [0.1, 0.15) is 57.9 Å². The van der Waals surface area contributed by atoms with E-state index in [1.165, 1.54) is 5.56 Å². The third-order valence-electron chi connectivity index (χ3n) is 6.20. The molecule has 0 N–H and O–H groups in total. The van der Waals surface area contributed by atoms with Gasteiger partial charge in [0.2, 0.25) is 11.8 Å². The zero-order chi connectivity index (χ0) is 19.3. The second-order valence-corrected chi connectivity index (χ2v) is 8.76. The van der Waals surface area contributed by atoms with Gasteiger partial charge in [-0.1, -0.05) is 44.2 Å². The number of nitrogens with zero attached hydrogens (tertiary/aromatic N) is 2. The van der Waals surface area contributed by atoms with Crippen molar-refractivity contribution in [2.45, 2.75) is 58.8 Å². The quantitative estimate of drug-likeness (QED) is 0.730. The second kappa shape index (κ2) is 8.90. The predicted octanol–water partition coefficient (Wildman–Crippen LogP) is 3.90. The molecule has 2 heterocycles. The number of amides is 2. The molecule has 0 aliphatic carbocycles. The molecule has 2 fully saturated rings. The maximum absolute atomic E-state index is 13.2. The summed E-state index contributed by atoms with van der Waals surface area (Å²) in [4.78, 5) is 29.7. The van der Waals surface area contributed by atoms with Crippen LogP contribution in [0.5, 0.6) is 0 Å². The third-order valence-corrected chi connectivity index (χ3v) is 6.20. The van der Waals surface area contributed by atoms with Crippen LogP contribution < -0.4 is 0 Å². The summed E-state index contributed by atoms with van der Waals surface area (Å²) < 4.78 is 0. The van der Waals surface area contributed by atoms with Gasteiger partial charge in [0, 0.05) is 32.6 Å². The molecule has 4 nitrogen and oxygen atoms in total. The lowest BCUT2D eigenvalue weighted by molar-refractivity contribution is -0.146. The molecule has 2 aliphatic heterocycles. The van der Waals surface area contributed by atoms with E-state index < -0.39 is 0 Å². The Bertz CT molecular complexity index is 643. The second-order valence-electron chi connectivity index (χ2n) is 8.76. The molecule has 4 heteroatoms. The van der Waals surface area contributed by atoms with E-state index in [1.54, 1.807) is 0 Å². The molecule has 1 aromatic rings. The van der Waals surface area contributed by atoms with Crippen LogP contribution in [0.2, 0.25) is 0 Å². The fourth-order valence-corrected chi connectivity index (χ4v) is 4.52. The van der Waals surface area contributed by atoms with Crippen LogP contribution in [0.4, 0.5) is 0 Å². The number of carbonyl (C=O) groups is 2. The number of benzene rings is 1. The van der Waals surface area contributed by atoms with Crippen LogP contribution in [0.15, 0.2) is 30.3 Å². The Balaban J connectivity index is 1.52. The highest BCUT2D eigenvalue weighted by atomic mass is 16.2. The molecular formula is C23H34N2O2. The number of hydrogen-bond acceptors (Lipinski definition) is 2. The van der Waals surface area contributed by atoms with Gasteiger partial charge < -0.3 is 9.80 Å². The molecule has 0 unspecified atom stereocenters. The Kier molecular flexibility index (Phi) is 6.56. The largest absolute Gasteiger partial charge is 0.342 e. The molecule has 2 aliphatic rings. The first-order valence-corrected chi connectivity index (χ1v) is 10.6. The molecule has 0 aromatic heterocycles.